The summed E-state index contributed by atoms with van der Waals surface area (Å²) < 4.78 is 25.3. The average molecular weight is 393 g/mol. The molecule has 1 atom stereocenters. The molecule has 6 heteroatoms. The first-order valence-corrected chi connectivity index (χ1v) is 9.68. The highest BCUT2D eigenvalue weighted by atomic mass is 19.1. The van der Waals surface area contributed by atoms with E-state index < -0.39 is 0 Å². The Bertz CT molecular complexity index is 995. The Kier molecular flexibility index (Phi) is 5.83. The molecule has 0 N–H and O–H groups in total. The molecule has 29 heavy (non-hydrogen) atoms. The van der Waals surface area contributed by atoms with Gasteiger partial charge in [0.15, 0.2) is 0 Å². The van der Waals surface area contributed by atoms with Crippen molar-refractivity contribution in [3.05, 3.63) is 77.5 Å². The third kappa shape index (κ3) is 4.44. The van der Waals surface area contributed by atoms with E-state index in [9.17, 15) is 4.39 Å². The molecule has 1 saturated heterocycles. The summed E-state index contributed by atoms with van der Waals surface area (Å²) in [7, 11) is 1.70. The van der Waals surface area contributed by atoms with E-state index in [4.69, 9.17) is 9.47 Å². The molecule has 1 aromatic heterocycles. The highest BCUT2D eigenvalue weighted by molar-refractivity contribution is 5.61. The van der Waals surface area contributed by atoms with E-state index in [1.807, 2.05) is 6.07 Å². The summed E-state index contributed by atoms with van der Waals surface area (Å²) in [6, 6.07) is 12.7. The normalized spacial score (nSPS) is 17.3. The van der Waals surface area contributed by atoms with Crippen molar-refractivity contribution in [2.24, 2.45) is 0 Å². The number of nitrogens with zero attached hydrogens (tertiary/aromatic N) is 3. The first kappa shape index (κ1) is 19.5. The molecule has 0 radical (unpaired) electrons. The van der Waals surface area contributed by atoms with Crippen molar-refractivity contribution < 1.29 is 13.9 Å². The smallest absolute Gasteiger partial charge is 0.123 e. The summed E-state index contributed by atoms with van der Waals surface area (Å²) in [6.45, 7) is 4.91. The van der Waals surface area contributed by atoms with Crippen LogP contribution in [-0.2, 0) is 11.3 Å². The molecule has 0 unspecified atom stereocenters. The minimum absolute atomic E-state index is 0.229. The van der Waals surface area contributed by atoms with E-state index in [0.29, 0.717) is 24.4 Å². The van der Waals surface area contributed by atoms with Gasteiger partial charge in [0.1, 0.15) is 17.7 Å². The van der Waals surface area contributed by atoms with Crippen LogP contribution in [0.25, 0.3) is 11.3 Å². The van der Waals surface area contributed by atoms with E-state index >= 15 is 0 Å². The summed E-state index contributed by atoms with van der Waals surface area (Å²) in [5, 5.41) is 0. The number of aryl methyl sites for hydroxylation is 1. The number of halogens is 1. The average Bonchev–Trinajstić information content (AvgIpc) is 2.75. The van der Waals surface area contributed by atoms with Gasteiger partial charge in [0, 0.05) is 43.2 Å². The molecule has 2 aromatic carbocycles. The minimum Gasteiger partial charge on any atom is -0.496 e. The van der Waals surface area contributed by atoms with Crippen molar-refractivity contribution >= 4 is 0 Å². The number of morpholine rings is 1. The third-order valence-corrected chi connectivity index (χ3v) is 5.12. The molecule has 0 aliphatic carbocycles. The summed E-state index contributed by atoms with van der Waals surface area (Å²) in [5.41, 5.74) is 4.41. The fourth-order valence-corrected chi connectivity index (χ4v) is 3.68. The molecular formula is C23H24FN3O2. The van der Waals surface area contributed by atoms with Crippen LogP contribution in [0.15, 0.2) is 54.9 Å². The van der Waals surface area contributed by atoms with Crippen LogP contribution >= 0.6 is 0 Å². The molecule has 3 aromatic rings. The summed E-state index contributed by atoms with van der Waals surface area (Å²) in [4.78, 5) is 11.3. The van der Waals surface area contributed by atoms with Gasteiger partial charge >= 0.3 is 0 Å². The quantitative estimate of drug-likeness (QED) is 0.651. The number of ether oxygens (including phenoxy) is 2. The topological polar surface area (TPSA) is 47.5 Å². The molecule has 0 saturated carbocycles. The Labute approximate surface area is 170 Å². The zero-order valence-corrected chi connectivity index (χ0v) is 16.6. The standard InChI is InChI=1S/C23H24FN3O2/c1-16-6-7-18(20(12-16)28-2)14-27-10-11-29-21(15-27)23-22(25-8-9-26-23)17-4-3-5-19(24)13-17/h3-9,12-13,21H,10-11,14-15H2,1-2H3/t21-/m0/s1. The molecule has 5 nitrogen and oxygen atoms in total. The van der Waals surface area contributed by atoms with E-state index in [1.54, 1.807) is 25.6 Å². The number of aromatic nitrogens is 2. The second-order valence-electron chi connectivity index (χ2n) is 7.21. The SMILES string of the molecule is COc1cc(C)ccc1CN1CCO[C@H](c2nccnc2-c2cccc(F)c2)C1. The number of rotatable bonds is 5. The van der Waals surface area contributed by atoms with Gasteiger partial charge in [-0.2, -0.15) is 0 Å². The van der Waals surface area contributed by atoms with Crippen LogP contribution in [0.4, 0.5) is 4.39 Å². The number of hydrogen-bond donors (Lipinski definition) is 0. The second kappa shape index (κ2) is 8.68. The van der Waals surface area contributed by atoms with Gasteiger partial charge in [-0.1, -0.05) is 24.3 Å². The van der Waals surface area contributed by atoms with Crippen LogP contribution in [0, 0.1) is 12.7 Å². The maximum atomic E-state index is 13.7. The minimum atomic E-state index is -0.295. The van der Waals surface area contributed by atoms with Crippen molar-refractivity contribution in [3.8, 4) is 17.0 Å². The fraction of sp³-hybridized carbons (Fsp3) is 0.304. The van der Waals surface area contributed by atoms with Crippen molar-refractivity contribution in [1.82, 2.24) is 14.9 Å². The van der Waals surface area contributed by atoms with Gasteiger partial charge in [-0.05, 0) is 30.7 Å². The van der Waals surface area contributed by atoms with Gasteiger partial charge in [0.2, 0.25) is 0 Å². The van der Waals surface area contributed by atoms with Crippen LogP contribution in [0.5, 0.6) is 5.75 Å². The van der Waals surface area contributed by atoms with Crippen molar-refractivity contribution in [2.45, 2.75) is 19.6 Å². The van der Waals surface area contributed by atoms with Crippen molar-refractivity contribution in [3.63, 3.8) is 0 Å². The summed E-state index contributed by atoms with van der Waals surface area (Å²) in [6.07, 6.45) is 3.05. The third-order valence-electron chi connectivity index (χ3n) is 5.12. The molecule has 0 spiro atoms. The lowest BCUT2D eigenvalue weighted by Gasteiger charge is -2.33. The molecule has 150 valence electrons. The van der Waals surface area contributed by atoms with Gasteiger partial charge < -0.3 is 9.47 Å². The molecule has 1 aliphatic rings. The monoisotopic (exact) mass is 393 g/mol. The maximum Gasteiger partial charge on any atom is 0.123 e. The molecule has 0 bridgehead atoms. The molecule has 1 aliphatic heterocycles. The summed E-state index contributed by atoms with van der Waals surface area (Å²) in [5.74, 6) is 0.602. The highest BCUT2D eigenvalue weighted by Gasteiger charge is 2.27. The van der Waals surface area contributed by atoms with Crippen LogP contribution in [-0.4, -0.2) is 41.7 Å². The predicted molar refractivity (Wildman–Crippen MR) is 109 cm³/mol. The first-order valence-electron chi connectivity index (χ1n) is 9.68. The lowest BCUT2D eigenvalue weighted by atomic mass is 10.0. The zero-order chi connectivity index (χ0) is 20.2. The maximum absolute atomic E-state index is 13.7. The van der Waals surface area contributed by atoms with Crippen LogP contribution < -0.4 is 4.74 Å². The second-order valence-corrected chi connectivity index (χ2v) is 7.21. The Morgan fingerprint density at radius 3 is 2.86 bits per heavy atom. The van der Waals surface area contributed by atoms with Gasteiger partial charge in [-0.15, -0.1) is 0 Å². The molecular weight excluding hydrogens is 369 g/mol. The molecule has 4 rings (SSSR count). The van der Waals surface area contributed by atoms with E-state index in [0.717, 1.165) is 30.1 Å². The Morgan fingerprint density at radius 1 is 1.17 bits per heavy atom. The van der Waals surface area contributed by atoms with E-state index in [1.165, 1.54) is 17.7 Å². The van der Waals surface area contributed by atoms with Crippen LogP contribution in [0.3, 0.4) is 0 Å². The molecule has 2 heterocycles. The fourth-order valence-electron chi connectivity index (χ4n) is 3.68. The lowest BCUT2D eigenvalue weighted by Crippen LogP contribution is -2.38. The Hall–Kier alpha value is -2.83. The molecule has 1 fully saturated rings. The van der Waals surface area contributed by atoms with E-state index in [-0.39, 0.29) is 11.9 Å². The Morgan fingerprint density at radius 2 is 2.03 bits per heavy atom. The number of hydrogen-bond acceptors (Lipinski definition) is 5. The number of benzene rings is 2. The van der Waals surface area contributed by atoms with Crippen LogP contribution in [0.1, 0.15) is 22.9 Å². The zero-order valence-electron chi connectivity index (χ0n) is 16.6. The first-order chi connectivity index (χ1) is 14.1. The lowest BCUT2D eigenvalue weighted by molar-refractivity contribution is -0.0350. The van der Waals surface area contributed by atoms with E-state index in [2.05, 4.69) is 40.0 Å². The largest absolute Gasteiger partial charge is 0.496 e. The van der Waals surface area contributed by atoms with Gasteiger partial charge in [0.05, 0.1) is 25.1 Å². The van der Waals surface area contributed by atoms with Gasteiger partial charge in [-0.3, -0.25) is 14.9 Å². The van der Waals surface area contributed by atoms with Gasteiger partial charge in [-0.25, -0.2) is 4.39 Å². The van der Waals surface area contributed by atoms with Crippen molar-refractivity contribution in [2.75, 3.05) is 26.8 Å². The predicted octanol–water partition coefficient (Wildman–Crippen LogP) is 4.17. The van der Waals surface area contributed by atoms with Gasteiger partial charge in [0.25, 0.3) is 0 Å². The number of methoxy groups -OCH3 is 1. The van der Waals surface area contributed by atoms with Crippen LogP contribution in [0.2, 0.25) is 0 Å². The Balaban J connectivity index is 1.57. The highest BCUT2D eigenvalue weighted by Crippen LogP contribution is 2.30. The van der Waals surface area contributed by atoms with Crippen molar-refractivity contribution in [1.29, 1.82) is 0 Å². The molecule has 0 amide bonds. The summed E-state index contributed by atoms with van der Waals surface area (Å²) >= 11 is 0.